The van der Waals surface area contributed by atoms with Gasteiger partial charge >= 0.3 is 0 Å². The Kier molecular flexibility index (Phi) is 17.2. The van der Waals surface area contributed by atoms with Crippen LogP contribution in [-0.4, -0.2) is 15.8 Å². The van der Waals surface area contributed by atoms with Gasteiger partial charge in [-0.2, -0.15) is 0 Å². The Bertz CT molecular complexity index is 6200. The van der Waals surface area contributed by atoms with Crippen LogP contribution in [0.25, 0.3) is 99.5 Å². The molecule has 0 amide bonds. The van der Waals surface area contributed by atoms with Gasteiger partial charge in [0.1, 0.15) is 0 Å². The Morgan fingerprint density at radius 2 is 0.556 bits per heavy atom. The molecule has 0 saturated heterocycles. The third-order valence-electron chi connectivity index (χ3n) is 22.7. The molecule has 2 aliphatic rings. The molecule has 0 radical (unpaired) electrons. The Morgan fingerprint density at radius 1 is 0.265 bits per heavy atom. The van der Waals surface area contributed by atoms with Crippen LogP contribution in [0.15, 0.2) is 267 Å². The van der Waals surface area contributed by atoms with Gasteiger partial charge in [0.05, 0.1) is 33.4 Å². The Hall–Kier alpha value is -10.9. The highest BCUT2D eigenvalue weighted by molar-refractivity contribution is 7.00. The molecule has 17 rings (SSSR count). The molecule has 4 nitrogen and oxygen atoms in total. The van der Waals surface area contributed by atoms with Crippen molar-refractivity contribution in [3.63, 3.8) is 0 Å². The van der Waals surface area contributed by atoms with Crippen LogP contribution in [0.5, 0.6) is 0 Å². The first kappa shape index (κ1) is 69.3. The average Bonchev–Trinajstić information content (AvgIpc) is 0.816. The standard InChI is InChI=1S/C112H119BN4/c1-106(2,3)66-72-42-50-95-89(54-72)90-55-73(67-107(4,5)6)43-51-96(90)114(95)83-46-48-93-101(62-83)116(99-64-85(76-34-26-22-27-35-76)80(70-110(13,14)15)58-87(99)78-38-30-24-31-39-78)103-60-82(112(19,20)21)61-104-105(103)113(93)94-49-47-84(115-97-52-44-74(68-108(7,8)9)56-91(97)92-57-75(45-53-98(92)115)69-109(10,11)12)63-102(94)117(104)100-65-86(77-36-28-23-29-37-77)81(71-111(16,17)18)59-88(100)79-40-32-25-33-41-79/h22-65H,66-71H2,1-21H3/i66D2,67D2,68D2,69D2. The molecule has 2 aliphatic heterocycles. The predicted octanol–water partition coefficient (Wildman–Crippen LogP) is 29.5. The summed E-state index contributed by atoms with van der Waals surface area (Å²) in [6, 6.07) is 97.1. The Morgan fingerprint density at radius 3 is 0.829 bits per heavy atom. The van der Waals surface area contributed by atoms with Gasteiger partial charge in [0.25, 0.3) is 6.71 Å². The molecule has 0 fully saturated rings. The first-order chi connectivity index (χ1) is 58.4. The number of anilines is 6. The second-order valence-corrected chi connectivity index (χ2v) is 40.9. The van der Waals surface area contributed by atoms with Crippen LogP contribution >= 0.6 is 0 Å². The summed E-state index contributed by atoms with van der Waals surface area (Å²) in [4.78, 5) is 5.22. The van der Waals surface area contributed by atoms with Crippen molar-refractivity contribution in [2.75, 3.05) is 9.80 Å². The molecule has 4 heterocycles. The molecule has 590 valence electrons. The number of hydrogen-bond acceptors (Lipinski definition) is 2. The SMILES string of the molecule is [2H]C([2H])(c1ccc2c(c1)c1cc(C([2H])([2H])C(C)(C)C)ccc1n2-c1ccc2c(c1)N(c1cc(-c3ccccc3)c(CC(C)(C)C)cc1-c1ccccc1)c1cc(C(C)(C)C)cc3c1B2c1ccc(-n2c4ccc(C([2H])([2H])C(C)(C)C)cc4c4cc(C([2H])([2H])C(C)(C)C)ccc42)cc1N3c1cc(-c2ccccc2)c(CC(C)(C)C)cc1-c1ccccc1)C(C)(C)C. The van der Waals surface area contributed by atoms with Gasteiger partial charge in [-0.15, -0.1) is 0 Å². The van der Waals surface area contributed by atoms with E-state index in [0.717, 1.165) is 168 Å². The number of benzene rings is 13. The van der Waals surface area contributed by atoms with Crippen LogP contribution in [0, 0.1) is 32.5 Å². The molecule has 117 heavy (non-hydrogen) atoms. The van der Waals surface area contributed by atoms with Crippen LogP contribution in [0.3, 0.4) is 0 Å². The molecule has 15 aromatic rings. The lowest BCUT2D eigenvalue weighted by Gasteiger charge is -2.46. The van der Waals surface area contributed by atoms with E-state index in [1.54, 1.807) is 0 Å². The fraction of sp³-hybridized carbons (Fsp3) is 0.304. The van der Waals surface area contributed by atoms with Crippen molar-refractivity contribution in [3.8, 4) is 55.9 Å². The summed E-state index contributed by atoms with van der Waals surface area (Å²) >= 11 is 0. The monoisotopic (exact) mass is 1540 g/mol. The Balaban J connectivity index is 1.05. The predicted molar refractivity (Wildman–Crippen MR) is 509 cm³/mol. The molecule has 5 heteroatoms. The van der Waals surface area contributed by atoms with Crippen molar-refractivity contribution in [2.24, 2.45) is 32.5 Å². The summed E-state index contributed by atoms with van der Waals surface area (Å²) in [5.74, 6) is 0. The van der Waals surface area contributed by atoms with Crippen LogP contribution in [0.4, 0.5) is 34.1 Å². The highest BCUT2D eigenvalue weighted by Gasteiger charge is 2.46. The highest BCUT2D eigenvalue weighted by atomic mass is 15.2. The first-order valence-corrected chi connectivity index (χ1v) is 42.2. The van der Waals surface area contributed by atoms with E-state index in [0.29, 0.717) is 22.3 Å². The molecule has 0 spiro atoms. The topological polar surface area (TPSA) is 16.3 Å². The number of rotatable bonds is 14. The van der Waals surface area contributed by atoms with E-state index >= 15 is 0 Å². The third-order valence-corrected chi connectivity index (χ3v) is 22.7. The second-order valence-electron chi connectivity index (χ2n) is 40.9. The van der Waals surface area contributed by atoms with E-state index < -0.39 is 59.3 Å². The van der Waals surface area contributed by atoms with Crippen LogP contribution in [-0.2, 0) is 43.7 Å². The fourth-order valence-electron chi connectivity index (χ4n) is 18.4. The van der Waals surface area contributed by atoms with Crippen LogP contribution < -0.4 is 26.2 Å². The maximum atomic E-state index is 9.79. The maximum Gasteiger partial charge on any atom is 0.252 e. The van der Waals surface area contributed by atoms with Gasteiger partial charge in [-0.25, -0.2) is 0 Å². The molecule has 0 bridgehead atoms. The fourth-order valence-corrected chi connectivity index (χ4v) is 18.4. The highest BCUT2D eigenvalue weighted by Crippen LogP contribution is 2.54. The quantitative estimate of drug-likeness (QED) is 0.101. The average molecular weight is 1540 g/mol. The zero-order valence-corrected chi connectivity index (χ0v) is 72.7. The molecule has 0 N–H and O–H groups in total. The molecule has 0 unspecified atom stereocenters. The van der Waals surface area contributed by atoms with Crippen molar-refractivity contribution in [1.82, 2.24) is 9.13 Å². The van der Waals surface area contributed by atoms with Gasteiger partial charge in [-0.1, -0.05) is 303 Å². The van der Waals surface area contributed by atoms with Gasteiger partial charge in [0, 0.05) is 77.8 Å². The van der Waals surface area contributed by atoms with E-state index in [-0.39, 0.29) is 10.8 Å². The molecule has 0 aliphatic carbocycles. The number of nitrogens with zero attached hydrogens (tertiary/aromatic N) is 4. The maximum absolute atomic E-state index is 9.79. The van der Waals surface area contributed by atoms with E-state index in [9.17, 15) is 11.0 Å². The smallest absolute Gasteiger partial charge is 0.252 e. The van der Waals surface area contributed by atoms with Crippen molar-refractivity contribution >= 4 is 101 Å². The minimum Gasteiger partial charge on any atom is -0.311 e. The zero-order chi connectivity index (χ0) is 89.5. The van der Waals surface area contributed by atoms with Crippen molar-refractivity contribution < 1.29 is 11.0 Å². The van der Waals surface area contributed by atoms with Crippen molar-refractivity contribution in [1.29, 1.82) is 0 Å². The summed E-state index contributed by atoms with van der Waals surface area (Å²) in [5.41, 5.74) is 25.5. The van der Waals surface area contributed by atoms with Crippen LogP contribution in [0.1, 0.15) is 195 Å². The third kappa shape index (κ3) is 15.7. The van der Waals surface area contributed by atoms with Gasteiger partial charge in [-0.3, -0.25) is 0 Å². The normalized spacial score (nSPS) is 15.0. The summed E-state index contributed by atoms with van der Waals surface area (Å²) in [7, 11) is 0. The molecule has 2 aromatic heterocycles. The van der Waals surface area contributed by atoms with Gasteiger partial charge in [-0.05, 0) is 274 Å². The lowest BCUT2D eigenvalue weighted by molar-refractivity contribution is 0.411. The zero-order valence-electron chi connectivity index (χ0n) is 80.7. The summed E-state index contributed by atoms with van der Waals surface area (Å²) < 4.78 is 83.0. The van der Waals surface area contributed by atoms with Gasteiger partial charge in [0.2, 0.25) is 0 Å². The van der Waals surface area contributed by atoms with Crippen molar-refractivity contribution in [2.45, 2.75) is 189 Å². The summed E-state index contributed by atoms with van der Waals surface area (Å²) in [5, 5.41) is 3.33. The lowest BCUT2D eigenvalue weighted by Crippen LogP contribution is -2.61. The lowest BCUT2D eigenvalue weighted by atomic mass is 9.33. The van der Waals surface area contributed by atoms with Gasteiger partial charge in [0.15, 0.2) is 0 Å². The van der Waals surface area contributed by atoms with Crippen LogP contribution in [0.2, 0.25) is 0 Å². The summed E-state index contributed by atoms with van der Waals surface area (Å²) in [6.45, 7) is 44.0. The number of aromatic nitrogens is 2. The number of fused-ring (bicyclic) bond motifs is 10. The van der Waals surface area contributed by atoms with E-state index in [4.69, 9.17) is 0 Å². The first-order valence-electron chi connectivity index (χ1n) is 46.2. The van der Waals surface area contributed by atoms with Crippen molar-refractivity contribution in [3.05, 3.63) is 306 Å². The molecular formula is C112H119BN4. The van der Waals surface area contributed by atoms with E-state index in [2.05, 4.69) is 300 Å². The minimum absolute atomic E-state index is 0.101. The largest absolute Gasteiger partial charge is 0.311 e. The second kappa shape index (κ2) is 29.0. The number of hydrogen-bond donors (Lipinski definition) is 0. The molecule has 13 aromatic carbocycles. The molecular weight excluding hydrogens is 1410 g/mol. The molecule has 0 saturated carbocycles. The van der Waals surface area contributed by atoms with Gasteiger partial charge < -0.3 is 18.9 Å². The Labute approximate surface area is 710 Å². The minimum atomic E-state index is -1.74. The van der Waals surface area contributed by atoms with E-state index in [1.807, 2.05) is 132 Å². The van der Waals surface area contributed by atoms with E-state index in [1.165, 1.54) is 11.1 Å². The molecule has 0 atom stereocenters. The summed E-state index contributed by atoms with van der Waals surface area (Å²) in [6.07, 6.45) is -5.35.